The van der Waals surface area contributed by atoms with E-state index in [1.165, 1.54) is 0 Å². The molecule has 0 aromatic carbocycles. The van der Waals surface area contributed by atoms with Crippen LogP contribution in [0.25, 0.3) is 0 Å². The number of halogens is 1. The summed E-state index contributed by atoms with van der Waals surface area (Å²) in [5.74, 6) is 1.22. The van der Waals surface area contributed by atoms with Crippen molar-refractivity contribution < 1.29 is 4.74 Å². The van der Waals surface area contributed by atoms with Gasteiger partial charge in [0.25, 0.3) is 0 Å². The van der Waals surface area contributed by atoms with E-state index < -0.39 is 0 Å². The minimum Gasteiger partial charge on any atom is -0.381 e. The van der Waals surface area contributed by atoms with Crippen LogP contribution in [0.4, 0.5) is 5.82 Å². The van der Waals surface area contributed by atoms with Gasteiger partial charge in [0.2, 0.25) is 0 Å². The van der Waals surface area contributed by atoms with Crippen LogP contribution >= 0.6 is 11.6 Å². The summed E-state index contributed by atoms with van der Waals surface area (Å²) in [7, 11) is 0. The van der Waals surface area contributed by atoms with E-state index in [-0.39, 0.29) is 0 Å². The molecule has 1 unspecified atom stereocenters. The molecular weight excluding hydrogens is 302 g/mol. The van der Waals surface area contributed by atoms with E-state index in [0.29, 0.717) is 5.92 Å². The zero-order chi connectivity index (χ0) is 15.5. The maximum absolute atomic E-state index is 6.15. The van der Waals surface area contributed by atoms with Crippen LogP contribution in [0.2, 0.25) is 5.02 Å². The molecule has 22 heavy (non-hydrogen) atoms. The minimum absolute atomic E-state index is 0.387. The second kappa shape index (κ2) is 6.62. The summed E-state index contributed by atoms with van der Waals surface area (Å²) in [5.41, 5.74) is 2.90. The summed E-state index contributed by atoms with van der Waals surface area (Å²) >= 11 is 6.15. The Morgan fingerprint density at radius 3 is 2.95 bits per heavy atom. The van der Waals surface area contributed by atoms with E-state index in [9.17, 15) is 0 Å². The molecule has 0 radical (unpaired) electrons. The smallest absolute Gasteiger partial charge is 0.129 e. The van der Waals surface area contributed by atoms with Gasteiger partial charge in [-0.25, -0.2) is 9.97 Å². The van der Waals surface area contributed by atoms with Crippen molar-refractivity contribution in [3.05, 3.63) is 34.5 Å². The number of ether oxygens (including phenoxy) is 1. The molecule has 1 N–H and O–H groups in total. The second-order valence-electron chi connectivity index (χ2n) is 5.52. The van der Waals surface area contributed by atoms with Gasteiger partial charge in [-0.2, -0.15) is 5.10 Å². The Hall–Kier alpha value is -1.66. The average Bonchev–Trinajstić information content (AvgIpc) is 3.14. The van der Waals surface area contributed by atoms with Crippen molar-refractivity contribution in [1.82, 2.24) is 19.7 Å². The molecule has 7 heteroatoms. The van der Waals surface area contributed by atoms with Crippen LogP contribution in [0.1, 0.15) is 29.4 Å². The summed E-state index contributed by atoms with van der Waals surface area (Å²) in [4.78, 5) is 8.62. The first-order valence-corrected chi connectivity index (χ1v) is 7.86. The summed E-state index contributed by atoms with van der Waals surface area (Å²) in [5, 5.41) is 8.48. The third kappa shape index (κ3) is 3.23. The molecule has 6 nitrogen and oxygen atoms in total. The Morgan fingerprint density at radius 1 is 1.41 bits per heavy atom. The van der Waals surface area contributed by atoms with E-state index in [1.54, 1.807) is 6.33 Å². The zero-order valence-corrected chi connectivity index (χ0v) is 13.6. The number of hydrogen-bond donors (Lipinski definition) is 1. The van der Waals surface area contributed by atoms with Crippen molar-refractivity contribution in [2.24, 2.45) is 0 Å². The predicted molar refractivity (Wildman–Crippen MR) is 85.4 cm³/mol. The maximum Gasteiger partial charge on any atom is 0.129 e. The highest BCUT2D eigenvalue weighted by molar-refractivity contribution is 6.31. The third-order valence-corrected chi connectivity index (χ3v) is 4.51. The molecule has 2 aromatic rings. The van der Waals surface area contributed by atoms with Crippen molar-refractivity contribution >= 4 is 17.4 Å². The van der Waals surface area contributed by atoms with E-state index in [4.69, 9.17) is 16.3 Å². The summed E-state index contributed by atoms with van der Waals surface area (Å²) < 4.78 is 7.33. The van der Waals surface area contributed by atoms with E-state index in [1.807, 2.05) is 24.6 Å². The first kappa shape index (κ1) is 15.2. The summed E-state index contributed by atoms with van der Waals surface area (Å²) in [6.45, 7) is 6.93. The van der Waals surface area contributed by atoms with Crippen LogP contribution < -0.4 is 5.32 Å². The van der Waals surface area contributed by atoms with Crippen LogP contribution in [-0.4, -0.2) is 39.5 Å². The van der Waals surface area contributed by atoms with E-state index in [0.717, 1.165) is 60.6 Å². The monoisotopic (exact) mass is 321 g/mol. The highest BCUT2D eigenvalue weighted by Gasteiger charge is 2.19. The quantitative estimate of drug-likeness (QED) is 0.917. The predicted octanol–water partition coefficient (Wildman–Crippen LogP) is 2.56. The van der Waals surface area contributed by atoms with Gasteiger partial charge in [0.15, 0.2) is 0 Å². The Balaban J connectivity index is 1.59. The number of rotatable bonds is 5. The van der Waals surface area contributed by atoms with Crippen molar-refractivity contribution in [3.8, 4) is 0 Å². The molecule has 0 amide bonds. The SMILES string of the molecule is Cc1nn(CCNc2cc(C3CCOC3)ncn2)c(C)c1Cl. The molecule has 1 fully saturated rings. The number of aryl methyl sites for hydroxylation is 1. The first-order chi connectivity index (χ1) is 10.6. The Kier molecular flexibility index (Phi) is 4.59. The molecule has 0 saturated carbocycles. The number of nitrogens with one attached hydrogen (secondary N) is 1. The minimum atomic E-state index is 0.387. The van der Waals surface area contributed by atoms with Crippen LogP contribution in [0.3, 0.4) is 0 Å². The van der Waals surface area contributed by atoms with Crippen LogP contribution in [-0.2, 0) is 11.3 Å². The first-order valence-electron chi connectivity index (χ1n) is 7.48. The molecular formula is C15H20ClN5O. The molecule has 3 rings (SSSR count). The molecule has 0 bridgehead atoms. The number of nitrogens with zero attached hydrogens (tertiary/aromatic N) is 4. The fourth-order valence-corrected chi connectivity index (χ4v) is 2.78. The molecule has 0 spiro atoms. The normalized spacial score (nSPS) is 17.9. The van der Waals surface area contributed by atoms with Crippen LogP contribution in [0, 0.1) is 13.8 Å². The fraction of sp³-hybridized carbons (Fsp3) is 0.533. The van der Waals surface area contributed by atoms with Crippen molar-refractivity contribution in [2.75, 3.05) is 25.1 Å². The molecule has 1 aliphatic rings. The molecule has 2 aromatic heterocycles. The molecule has 1 aliphatic heterocycles. The highest BCUT2D eigenvalue weighted by Crippen LogP contribution is 2.24. The average molecular weight is 322 g/mol. The van der Waals surface area contributed by atoms with Gasteiger partial charge in [0, 0.05) is 25.1 Å². The molecule has 0 aliphatic carbocycles. The summed E-state index contributed by atoms with van der Waals surface area (Å²) in [6.07, 6.45) is 2.64. The molecule has 118 valence electrons. The van der Waals surface area contributed by atoms with Gasteiger partial charge in [-0.05, 0) is 20.3 Å². The fourth-order valence-electron chi connectivity index (χ4n) is 2.64. The lowest BCUT2D eigenvalue weighted by Gasteiger charge is -2.10. The van der Waals surface area contributed by atoms with Crippen LogP contribution in [0.15, 0.2) is 12.4 Å². The van der Waals surface area contributed by atoms with Gasteiger partial charge >= 0.3 is 0 Å². The lowest BCUT2D eigenvalue weighted by Crippen LogP contribution is -2.14. The highest BCUT2D eigenvalue weighted by atomic mass is 35.5. The van der Waals surface area contributed by atoms with Gasteiger partial charge in [-0.1, -0.05) is 11.6 Å². The van der Waals surface area contributed by atoms with Gasteiger partial charge in [-0.3, -0.25) is 4.68 Å². The lowest BCUT2D eigenvalue weighted by atomic mass is 10.1. The molecule has 3 heterocycles. The van der Waals surface area contributed by atoms with E-state index >= 15 is 0 Å². The molecule has 1 saturated heterocycles. The van der Waals surface area contributed by atoms with Crippen LogP contribution in [0.5, 0.6) is 0 Å². The van der Waals surface area contributed by atoms with Crippen molar-refractivity contribution in [2.45, 2.75) is 32.7 Å². The third-order valence-electron chi connectivity index (χ3n) is 3.96. The Labute approximate surface area is 134 Å². The van der Waals surface area contributed by atoms with Gasteiger partial charge in [0.1, 0.15) is 12.1 Å². The maximum atomic E-state index is 6.15. The topological polar surface area (TPSA) is 64.9 Å². The van der Waals surface area contributed by atoms with E-state index in [2.05, 4.69) is 20.4 Å². The zero-order valence-electron chi connectivity index (χ0n) is 12.8. The molecule has 1 atom stereocenters. The number of hydrogen-bond acceptors (Lipinski definition) is 5. The Morgan fingerprint density at radius 2 is 2.27 bits per heavy atom. The number of anilines is 1. The largest absolute Gasteiger partial charge is 0.381 e. The van der Waals surface area contributed by atoms with Crippen molar-refractivity contribution in [1.29, 1.82) is 0 Å². The van der Waals surface area contributed by atoms with Gasteiger partial charge in [-0.15, -0.1) is 0 Å². The summed E-state index contributed by atoms with van der Waals surface area (Å²) in [6, 6.07) is 2.01. The second-order valence-corrected chi connectivity index (χ2v) is 5.90. The van der Waals surface area contributed by atoms with Gasteiger partial charge < -0.3 is 10.1 Å². The van der Waals surface area contributed by atoms with Crippen molar-refractivity contribution in [3.63, 3.8) is 0 Å². The Bertz CT molecular complexity index is 651. The number of aromatic nitrogens is 4. The lowest BCUT2D eigenvalue weighted by molar-refractivity contribution is 0.193. The van der Waals surface area contributed by atoms with Gasteiger partial charge in [0.05, 0.1) is 35.3 Å². The standard InChI is InChI=1S/C15H20ClN5O/c1-10-15(16)11(2)21(20-10)5-4-17-14-7-13(18-9-19-14)12-3-6-22-8-12/h7,9,12H,3-6,8H2,1-2H3,(H,17,18,19).